The number of nitrogens with zero attached hydrogens (tertiary/aromatic N) is 1. The van der Waals surface area contributed by atoms with Gasteiger partial charge in [-0.2, -0.15) is 0 Å². The molecule has 1 atom stereocenters. The summed E-state index contributed by atoms with van der Waals surface area (Å²) in [5.41, 5.74) is 1.44. The smallest absolute Gasteiger partial charge is 0.295 e. The number of ether oxygens (including phenoxy) is 3. The number of hydrogen-bond donors (Lipinski definition) is 1. The lowest BCUT2D eigenvalue weighted by atomic mass is 9.95. The first-order chi connectivity index (χ1) is 18.1. The first-order valence-electron chi connectivity index (χ1n) is 11.9. The molecule has 1 aliphatic heterocycles. The third kappa shape index (κ3) is 5.44. The molecule has 198 valence electrons. The second-order valence-corrected chi connectivity index (χ2v) is 9.81. The molecule has 0 bridgehead atoms. The number of ketones is 1. The molecule has 1 fully saturated rings. The highest BCUT2D eigenvalue weighted by Crippen LogP contribution is 2.43. The van der Waals surface area contributed by atoms with E-state index in [-0.39, 0.29) is 39.6 Å². The van der Waals surface area contributed by atoms with Gasteiger partial charge in [0.25, 0.3) is 11.7 Å². The Morgan fingerprint density at radius 3 is 2.24 bits per heavy atom. The van der Waals surface area contributed by atoms with Crippen LogP contribution in [-0.4, -0.2) is 42.0 Å². The van der Waals surface area contributed by atoms with E-state index in [1.54, 1.807) is 24.3 Å². The fourth-order valence-corrected chi connectivity index (χ4v) is 5.08. The maximum absolute atomic E-state index is 13.4. The molecular formula is C29H27Cl2NO6. The van der Waals surface area contributed by atoms with Crippen molar-refractivity contribution >= 4 is 40.7 Å². The van der Waals surface area contributed by atoms with Gasteiger partial charge in [-0.15, -0.1) is 0 Å². The zero-order valence-electron chi connectivity index (χ0n) is 21.3. The highest BCUT2D eigenvalue weighted by molar-refractivity contribution is 6.46. The van der Waals surface area contributed by atoms with E-state index in [9.17, 15) is 14.7 Å². The Kier molecular flexibility index (Phi) is 8.19. The van der Waals surface area contributed by atoms with Crippen LogP contribution in [-0.2, 0) is 16.1 Å². The first-order valence-corrected chi connectivity index (χ1v) is 12.6. The number of carbonyl (C=O) groups is 2. The molecule has 9 heteroatoms. The van der Waals surface area contributed by atoms with Crippen LogP contribution < -0.4 is 14.2 Å². The largest absolute Gasteiger partial charge is 0.507 e. The number of methoxy groups -OCH3 is 2. The molecule has 0 radical (unpaired) electrons. The van der Waals surface area contributed by atoms with Crippen molar-refractivity contribution in [2.45, 2.75) is 32.5 Å². The Balaban J connectivity index is 1.86. The SMILES string of the molecule is COc1cccc(C2/C(=C(\O)c3cc(Cl)c(OC)c(Cl)c3)C(=O)C(=O)N2Cc2cccc(OC(C)C)c2)c1. The van der Waals surface area contributed by atoms with E-state index in [1.807, 2.05) is 38.1 Å². The maximum atomic E-state index is 13.4. The van der Waals surface area contributed by atoms with Gasteiger partial charge in [0.15, 0.2) is 5.75 Å². The van der Waals surface area contributed by atoms with Gasteiger partial charge in [-0.1, -0.05) is 47.5 Å². The molecule has 1 heterocycles. The number of likely N-dealkylation sites (tertiary alicyclic amines) is 1. The summed E-state index contributed by atoms with van der Waals surface area (Å²) in [6.07, 6.45) is -0.0283. The Morgan fingerprint density at radius 2 is 1.61 bits per heavy atom. The lowest BCUT2D eigenvalue weighted by Gasteiger charge is -2.26. The molecule has 0 spiro atoms. The molecule has 1 amide bonds. The van der Waals surface area contributed by atoms with Crippen LogP contribution in [0.1, 0.15) is 36.6 Å². The predicted molar refractivity (Wildman–Crippen MR) is 146 cm³/mol. The fourth-order valence-electron chi connectivity index (χ4n) is 4.43. The van der Waals surface area contributed by atoms with Crippen molar-refractivity contribution in [3.8, 4) is 17.2 Å². The highest BCUT2D eigenvalue weighted by Gasteiger charge is 2.46. The molecule has 1 aliphatic rings. The second-order valence-electron chi connectivity index (χ2n) is 8.99. The van der Waals surface area contributed by atoms with Gasteiger partial charge in [0, 0.05) is 12.1 Å². The van der Waals surface area contributed by atoms with E-state index in [4.69, 9.17) is 37.4 Å². The lowest BCUT2D eigenvalue weighted by Crippen LogP contribution is -2.29. The molecule has 4 rings (SSSR count). The third-order valence-electron chi connectivity index (χ3n) is 6.05. The number of hydrogen-bond acceptors (Lipinski definition) is 6. The Labute approximate surface area is 231 Å². The van der Waals surface area contributed by atoms with Crippen molar-refractivity contribution in [2.24, 2.45) is 0 Å². The predicted octanol–water partition coefficient (Wildman–Crippen LogP) is 6.42. The van der Waals surface area contributed by atoms with E-state index in [0.29, 0.717) is 17.1 Å². The van der Waals surface area contributed by atoms with Crippen molar-refractivity contribution in [1.82, 2.24) is 4.90 Å². The van der Waals surface area contributed by atoms with Gasteiger partial charge in [0.1, 0.15) is 17.3 Å². The summed E-state index contributed by atoms with van der Waals surface area (Å²) in [4.78, 5) is 28.2. The molecule has 0 saturated carbocycles. The van der Waals surface area contributed by atoms with Crippen molar-refractivity contribution in [1.29, 1.82) is 0 Å². The summed E-state index contributed by atoms with van der Waals surface area (Å²) in [5, 5.41) is 11.7. The second kappa shape index (κ2) is 11.4. The van der Waals surface area contributed by atoms with Gasteiger partial charge >= 0.3 is 0 Å². The number of rotatable bonds is 8. The monoisotopic (exact) mass is 555 g/mol. The van der Waals surface area contributed by atoms with Gasteiger partial charge in [0.2, 0.25) is 0 Å². The Bertz CT molecular complexity index is 1390. The molecule has 38 heavy (non-hydrogen) atoms. The molecule has 1 saturated heterocycles. The summed E-state index contributed by atoms with van der Waals surface area (Å²) in [7, 11) is 2.94. The van der Waals surface area contributed by atoms with Crippen LogP contribution >= 0.6 is 23.2 Å². The minimum Gasteiger partial charge on any atom is -0.507 e. The summed E-state index contributed by atoms with van der Waals surface area (Å²) in [6.45, 7) is 3.94. The summed E-state index contributed by atoms with van der Waals surface area (Å²) in [5.74, 6) is -0.557. The zero-order chi connectivity index (χ0) is 27.6. The molecular weight excluding hydrogens is 529 g/mol. The van der Waals surface area contributed by atoms with Crippen LogP contribution in [0.4, 0.5) is 0 Å². The molecule has 0 aromatic heterocycles. The van der Waals surface area contributed by atoms with Gasteiger partial charge < -0.3 is 24.2 Å². The number of benzene rings is 3. The Morgan fingerprint density at radius 1 is 0.947 bits per heavy atom. The first kappa shape index (κ1) is 27.4. The van der Waals surface area contributed by atoms with Crippen molar-refractivity contribution < 1.29 is 28.9 Å². The summed E-state index contributed by atoms with van der Waals surface area (Å²) < 4.78 is 16.4. The van der Waals surface area contributed by atoms with Crippen LogP contribution in [0.25, 0.3) is 5.76 Å². The number of amides is 1. The average Bonchev–Trinajstić information content (AvgIpc) is 3.13. The molecule has 0 aliphatic carbocycles. The van der Waals surface area contributed by atoms with Crippen LogP contribution in [0, 0.1) is 0 Å². The quantitative estimate of drug-likeness (QED) is 0.196. The molecule has 1 N–H and O–H groups in total. The van der Waals surface area contributed by atoms with Crippen molar-refractivity contribution in [3.05, 3.63) is 93.0 Å². The zero-order valence-corrected chi connectivity index (χ0v) is 22.8. The van der Waals surface area contributed by atoms with Gasteiger partial charge in [-0.05, 0) is 61.4 Å². The minimum absolute atomic E-state index is 0.0283. The molecule has 3 aromatic rings. The summed E-state index contributed by atoms with van der Waals surface area (Å²) in [6, 6.07) is 16.3. The number of aliphatic hydroxyl groups is 1. The van der Waals surface area contributed by atoms with Crippen molar-refractivity contribution in [3.63, 3.8) is 0 Å². The molecule has 1 unspecified atom stereocenters. The van der Waals surface area contributed by atoms with E-state index < -0.39 is 23.5 Å². The maximum Gasteiger partial charge on any atom is 0.295 e. The minimum atomic E-state index is -0.903. The number of aliphatic hydroxyl groups excluding tert-OH is 1. The highest BCUT2D eigenvalue weighted by atomic mass is 35.5. The van der Waals surface area contributed by atoms with E-state index in [2.05, 4.69) is 0 Å². The van der Waals surface area contributed by atoms with Crippen LogP contribution in [0.2, 0.25) is 10.0 Å². The average molecular weight is 556 g/mol. The van der Waals surface area contributed by atoms with Crippen LogP contribution in [0.5, 0.6) is 17.2 Å². The normalized spacial score (nSPS) is 16.7. The molecule has 3 aromatic carbocycles. The van der Waals surface area contributed by atoms with Crippen LogP contribution in [0.3, 0.4) is 0 Å². The lowest BCUT2D eigenvalue weighted by molar-refractivity contribution is -0.140. The topological polar surface area (TPSA) is 85.3 Å². The number of Topliss-reactive ketones (excluding diaryl/α,β-unsaturated/α-hetero) is 1. The van der Waals surface area contributed by atoms with E-state index >= 15 is 0 Å². The number of carbonyl (C=O) groups excluding carboxylic acids is 2. The van der Waals surface area contributed by atoms with Gasteiger partial charge in [-0.25, -0.2) is 0 Å². The standard InChI is InChI=1S/C29H27Cl2NO6/c1-16(2)38-21-10-5-7-17(11-21)15-32-25(18-8-6-9-20(12-18)36-3)24(27(34)29(32)35)26(33)19-13-22(30)28(37-4)23(31)14-19/h5-14,16,25,33H,15H2,1-4H3/b26-24+. The fraction of sp³-hybridized carbons (Fsp3) is 0.241. The summed E-state index contributed by atoms with van der Waals surface area (Å²) >= 11 is 12.6. The van der Waals surface area contributed by atoms with Crippen LogP contribution in [0.15, 0.2) is 66.2 Å². The van der Waals surface area contributed by atoms with Gasteiger partial charge in [0.05, 0.1) is 42.0 Å². The Hall–Kier alpha value is -3.68. The van der Waals surface area contributed by atoms with Crippen molar-refractivity contribution in [2.75, 3.05) is 14.2 Å². The molecule has 7 nitrogen and oxygen atoms in total. The van der Waals surface area contributed by atoms with E-state index in [0.717, 1.165) is 5.56 Å². The third-order valence-corrected chi connectivity index (χ3v) is 6.61. The van der Waals surface area contributed by atoms with Gasteiger partial charge in [-0.3, -0.25) is 9.59 Å². The number of halogens is 2. The van der Waals surface area contributed by atoms with E-state index in [1.165, 1.54) is 31.3 Å².